The molecule has 1 aromatic carbocycles. The van der Waals surface area contributed by atoms with Gasteiger partial charge in [0, 0.05) is 45.3 Å². The predicted molar refractivity (Wildman–Crippen MR) is 116 cm³/mol. The zero-order chi connectivity index (χ0) is 21.3. The summed E-state index contributed by atoms with van der Waals surface area (Å²) in [5, 5.41) is 3.36. The molecule has 9 heteroatoms. The summed E-state index contributed by atoms with van der Waals surface area (Å²) >= 11 is 0. The number of guanidine groups is 1. The van der Waals surface area contributed by atoms with Gasteiger partial charge in [-0.3, -0.25) is 4.99 Å². The van der Waals surface area contributed by atoms with Crippen LogP contribution in [0.5, 0.6) is 5.75 Å². The molecule has 1 aliphatic heterocycles. The van der Waals surface area contributed by atoms with E-state index in [1.807, 2.05) is 45.0 Å². The van der Waals surface area contributed by atoms with E-state index < -0.39 is 10.0 Å². The summed E-state index contributed by atoms with van der Waals surface area (Å²) in [4.78, 5) is 6.44. The first kappa shape index (κ1) is 23.4. The van der Waals surface area contributed by atoms with Crippen LogP contribution in [0.15, 0.2) is 29.3 Å². The van der Waals surface area contributed by atoms with Crippen molar-refractivity contribution in [3.63, 3.8) is 0 Å². The summed E-state index contributed by atoms with van der Waals surface area (Å²) in [6.45, 7) is 9.27. The second-order valence-corrected chi connectivity index (χ2v) is 9.15. The highest BCUT2D eigenvalue weighted by Crippen LogP contribution is 2.18. The number of nitrogens with zero attached hydrogens (tertiary/aromatic N) is 3. The molecule has 0 aromatic heterocycles. The summed E-state index contributed by atoms with van der Waals surface area (Å²) in [7, 11) is -1.56. The van der Waals surface area contributed by atoms with Crippen molar-refractivity contribution in [2.24, 2.45) is 4.99 Å². The number of nitrogens with one attached hydrogen (secondary N) is 1. The molecule has 1 aromatic rings. The fourth-order valence-corrected chi connectivity index (χ4v) is 4.43. The second-order valence-electron chi connectivity index (χ2n) is 7.06. The van der Waals surface area contributed by atoms with Crippen LogP contribution in [0.3, 0.4) is 0 Å². The third-order valence-electron chi connectivity index (χ3n) is 4.65. The summed E-state index contributed by atoms with van der Waals surface area (Å²) in [6, 6.07) is 7.91. The minimum absolute atomic E-state index is 0.0202. The number of hydrogen-bond acceptors (Lipinski definition) is 5. The van der Waals surface area contributed by atoms with E-state index in [-0.39, 0.29) is 18.5 Å². The van der Waals surface area contributed by atoms with Gasteiger partial charge in [0.1, 0.15) is 5.75 Å². The lowest BCUT2D eigenvalue weighted by Crippen LogP contribution is -2.54. The molecule has 0 amide bonds. The SMILES string of the molecule is CCOc1ccccc1CNC(=NC)N1CCN(S(=O)(=O)CCOC(C)C)CC1. The lowest BCUT2D eigenvalue weighted by atomic mass is 10.2. The highest BCUT2D eigenvalue weighted by Gasteiger charge is 2.28. The highest BCUT2D eigenvalue weighted by molar-refractivity contribution is 7.89. The Morgan fingerprint density at radius 2 is 1.90 bits per heavy atom. The number of hydrogen-bond donors (Lipinski definition) is 1. The van der Waals surface area contributed by atoms with Gasteiger partial charge in [0.05, 0.1) is 25.1 Å². The van der Waals surface area contributed by atoms with E-state index in [0.717, 1.165) is 17.3 Å². The van der Waals surface area contributed by atoms with Crippen molar-refractivity contribution < 1.29 is 17.9 Å². The summed E-state index contributed by atoms with van der Waals surface area (Å²) < 4.78 is 37.6. The van der Waals surface area contributed by atoms with Gasteiger partial charge in [0.15, 0.2) is 5.96 Å². The molecule has 1 fully saturated rings. The van der Waals surface area contributed by atoms with E-state index in [2.05, 4.69) is 15.2 Å². The van der Waals surface area contributed by atoms with Gasteiger partial charge in [0.2, 0.25) is 10.0 Å². The number of para-hydroxylation sites is 1. The standard InChI is InChI=1S/C20H34N4O4S/c1-5-27-19-9-7-6-8-18(19)16-22-20(21-4)23-10-12-24(13-11-23)29(25,26)15-14-28-17(2)3/h6-9,17H,5,10-16H2,1-4H3,(H,21,22). The van der Waals surface area contributed by atoms with Crippen LogP contribution in [0.2, 0.25) is 0 Å². The quantitative estimate of drug-likeness (QED) is 0.476. The van der Waals surface area contributed by atoms with Crippen LogP contribution in [0.4, 0.5) is 0 Å². The average molecular weight is 427 g/mol. The minimum atomic E-state index is -3.30. The average Bonchev–Trinajstić information content (AvgIpc) is 2.70. The number of benzene rings is 1. The molecular weight excluding hydrogens is 392 g/mol. The van der Waals surface area contributed by atoms with Crippen molar-refractivity contribution in [3.8, 4) is 5.75 Å². The van der Waals surface area contributed by atoms with Crippen LogP contribution in [-0.2, 0) is 21.3 Å². The maximum absolute atomic E-state index is 12.5. The molecule has 164 valence electrons. The van der Waals surface area contributed by atoms with E-state index in [1.54, 1.807) is 11.4 Å². The Morgan fingerprint density at radius 1 is 1.21 bits per heavy atom. The third-order valence-corrected chi connectivity index (χ3v) is 6.48. The molecule has 1 N–H and O–H groups in total. The first-order valence-corrected chi connectivity index (χ1v) is 11.7. The molecule has 0 bridgehead atoms. The Balaban J connectivity index is 1.87. The van der Waals surface area contributed by atoms with Crippen molar-refractivity contribution in [3.05, 3.63) is 29.8 Å². The lowest BCUT2D eigenvalue weighted by Gasteiger charge is -2.36. The molecule has 2 rings (SSSR count). The van der Waals surface area contributed by atoms with Crippen molar-refractivity contribution in [2.75, 3.05) is 52.2 Å². The normalized spacial score (nSPS) is 16.3. The van der Waals surface area contributed by atoms with Gasteiger partial charge in [-0.15, -0.1) is 0 Å². The molecule has 29 heavy (non-hydrogen) atoms. The van der Waals surface area contributed by atoms with E-state index in [1.165, 1.54) is 0 Å². The molecule has 0 radical (unpaired) electrons. The van der Waals surface area contributed by atoms with E-state index >= 15 is 0 Å². The maximum atomic E-state index is 12.5. The first-order valence-electron chi connectivity index (χ1n) is 10.1. The number of sulfonamides is 1. The molecule has 0 aliphatic carbocycles. The third kappa shape index (κ3) is 7.17. The molecular formula is C20H34N4O4S. The first-order chi connectivity index (χ1) is 13.9. The van der Waals surface area contributed by atoms with Gasteiger partial charge in [-0.1, -0.05) is 18.2 Å². The Hall–Kier alpha value is -1.84. The number of piperazine rings is 1. The van der Waals surface area contributed by atoms with Crippen LogP contribution in [0, 0.1) is 0 Å². The Morgan fingerprint density at radius 3 is 2.52 bits per heavy atom. The predicted octanol–water partition coefficient (Wildman–Crippen LogP) is 1.53. The largest absolute Gasteiger partial charge is 0.494 e. The van der Waals surface area contributed by atoms with Crippen molar-refractivity contribution in [2.45, 2.75) is 33.4 Å². The summed E-state index contributed by atoms with van der Waals surface area (Å²) in [6.07, 6.45) is 0.0318. The molecule has 0 saturated carbocycles. The van der Waals surface area contributed by atoms with Crippen molar-refractivity contribution >= 4 is 16.0 Å². The fraction of sp³-hybridized carbons (Fsp3) is 0.650. The monoisotopic (exact) mass is 426 g/mol. The van der Waals surface area contributed by atoms with Crippen LogP contribution in [0.1, 0.15) is 26.3 Å². The number of ether oxygens (including phenoxy) is 2. The van der Waals surface area contributed by atoms with Crippen molar-refractivity contribution in [1.82, 2.24) is 14.5 Å². The molecule has 1 heterocycles. The van der Waals surface area contributed by atoms with Gasteiger partial charge in [-0.2, -0.15) is 4.31 Å². The molecule has 0 unspecified atom stereocenters. The van der Waals surface area contributed by atoms with Gasteiger partial charge in [-0.05, 0) is 26.8 Å². The number of rotatable bonds is 9. The van der Waals surface area contributed by atoms with Crippen LogP contribution >= 0.6 is 0 Å². The Bertz CT molecular complexity index is 759. The smallest absolute Gasteiger partial charge is 0.216 e. The van der Waals surface area contributed by atoms with Gasteiger partial charge < -0.3 is 19.7 Å². The fourth-order valence-electron chi connectivity index (χ4n) is 3.15. The molecule has 0 atom stereocenters. The minimum Gasteiger partial charge on any atom is -0.494 e. The second kappa shape index (κ2) is 11.4. The van der Waals surface area contributed by atoms with Gasteiger partial charge in [-0.25, -0.2) is 8.42 Å². The van der Waals surface area contributed by atoms with Crippen LogP contribution < -0.4 is 10.1 Å². The van der Waals surface area contributed by atoms with Crippen molar-refractivity contribution in [1.29, 1.82) is 0 Å². The van der Waals surface area contributed by atoms with Crippen LogP contribution in [0.25, 0.3) is 0 Å². The topological polar surface area (TPSA) is 83.5 Å². The van der Waals surface area contributed by atoms with E-state index in [4.69, 9.17) is 9.47 Å². The van der Waals surface area contributed by atoms with Gasteiger partial charge in [0.25, 0.3) is 0 Å². The number of aliphatic imine (C=N–C) groups is 1. The Labute approximate surface area is 174 Å². The molecule has 1 aliphatic rings. The van der Waals surface area contributed by atoms with Crippen LogP contribution in [-0.4, -0.2) is 81.9 Å². The molecule has 0 spiro atoms. The van der Waals surface area contributed by atoms with E-state index in [9.17, 15) is 8.42 Å². The lowest BCUT2D eigenvalue weighted by molar-refractivity contribution is 0.0904. The summed E-state index contributed by atoms with van der Waals surface area (Å²) in [5.74, 6) is 1.64. The summed E-state index contributed by atoms with van der Waals surface area (Å²) in [5.41, 5.74) is 1.06. The van der Waals surface area contributed by atoms with Gasteiger partial charge >= 0.3 is 0 Å². The molecule has 1 saturated heterocycles. The zero-order valence-electron chi connectivity index (χ0n) is 17.9. The zero-order valence-corrected chi connectivity index (χ0v) is 18.7. The Kier molecular flexibility index (Phi) is 9.19. The van der Waals surface area contributed by atoms with E-state index in [0.29, 0.717) is 39.3 Å². The maximum Gasteiger partial charge on any atom is 0.216 e. The highest BCUT2D eigenvalue weighted by atomic mass is 32.2. The molecule has 8 nitrogen and oxygen atoms in total.